The molecule has 0 fully saturated rings. The van der Waals surface area contributed by atoms with Crippen molar-refractivity contribution < 1.29 is 9.66 Å². The zero-order chi connectivity index (χ0) is 16.2. The van der Waals surface area contributed by atoms with Gasteiger partial charge in [0.05, 0.1) is 11.5 Å². The van der Waals surface area contributed by atoms with Crippen molar-refractivity contribution in [1.29, 1.82) is 0 Å². The van der Waals surface area contributed by atoms with Gasteiger partial charge in [-0.2, -0.15) is 4.98 Å². The zero-order valence-electron chi connectivity index (χ0n) is 13.6. The van der Waals surface area contributed by atoms with E-state index < -0.39 is 4.92 Å². The van der Waals surface area contributed by atoms with E-state index in [0.29, 0.717) is 18.9 Å². The van der Waals surface area contributed by atoms with Gasteiger partial charge in [0.2, 0.25) is 5.82 Å². The number of nitrogens with one attached hydrogen (secondary N) is 1. The number of anilines is 1. The second-order valence-electron chi connectivity index (χ2n) is 6.33. The molecule has 118 valence electrons. The summed E-state index contributed by atoms with van der Waals surface area (Å²) in [7, 11) is 0. The Kier molecular flexibility index (Phi) is 5.46. The van der Waals surface area contributed by atoms with Gasteiger partial charge in [-0.25, -0.2) is 4.98 Å². The van der Waals surface area contributed by atoms with Crippen LogP contribution in [0.1, 0.15) is 47.4 Å². The summed E-state index contributed by atoms with van der Waals surface area (Å²) in [6.45, 7) is 12.0. The smallest absolute Gasteiger partial charge is 0.372 e. The molecule has 0 saturated heterocycles. The van der Waals surface area contributed by atoms with E-state index in [2.05, 4.69) is 15.3 Å². The molecule has 7 nitrogen and oxygen atoms in total. The third-order valence-corrected chi connectivity index (χ3v) is 2.44. The highest BCUT2D eigenvalue weighted by Gasteiger charge is 2.28. The summed E-state index contributed by atoms with van der Waals surface area (Å²) in [6.07, 6.45) is 0.578. The van der Waals surface area contributed by atoms with Crippen molar-refractivity contribution >= 4 is 11.5 Å². The van der Waals surface area contributed by atoms with Crippen LogP contribution >= 0.6 is 0 Å². The average Bonchev–Trinajstić information content (AvgIpc) is 2.33. The van der Waals surface area contributed by atoms with Crippen LogP contribution in [-0.4, -0.2) is 27.0 Å². The maximum Gasteiger partial charge on any atom is 0.372 e. The molecule has 21 heavy (non-hydrogen) atoms. The fourth-order valence-electron chi connectivity index (χ4n) is 1.59. The highest BCUT2D eigenvalue weighted by molar-refractivity contribution is 5.62. The van der Waals surface area contributed by atoms with Crippen molar-refractivity contribution in [2.24, 2.45) is 5.92 Å². The molecule has 1 heterocycles. The standard InChI is InChI=1S/C14H24N4O3/c1-7-10-15-12(17-14(4,5)6)11(18(19)20)13(16-10)21-8-9(2)3/h9H,7-8H2,1-6H3,(H,15,16,17). The Balaban J connectivity index is 3.32. The van der Waals surface area contributed by atoms with Crippen LogP contribution in [0.5, 0.6) is 5.88 Å². The first-order chi connectivity index (χ1) is 9.64. The van der Waals surface area contributed by atoms with E-state index in [9.17, 15) is 10.1 Å². The largest absolute Gasteiger partial charge is 0.472 e. The Morgan fingerprint density at radius 3 is 2.38 bits per heavy atom. The topological polar surface area (TPSA) is 90.2 Å². The molecule has 0 atom stereocenters. The van der Waals surface area contributed by atoms with Crippen molar-refractivity contribution in [2.45, 2.75) is 53.5 Å². The number of aromatic nitrogens is 2. The van der Waals surface area contributed by atoms with Gasteiger partial charge in [0.25, 0.3) is 5.88 Å². The molecule has 1 aromatic rings. The highest BCUT2D eigenvalue weighted by atomic mass is 16.6. The summed E-state index contributed by atoms with van der Waals surface area (Å²) >= 11 is 0. The highest BCUT2D eigenvalue weighted by Crippen LogP contribution is 2.33. The molecular formula is C14H24N4O3. The Bertz CT molecular complexity index is 510. The SMILES string of the molecule is CCc1nc(NC(C)(C)C)c([N+](=O)[O-])c(OCC(C)C)n1. The number of rotatable bonds is 6. The van der Waals surface area contributed by atoms with E-state index in [4.69, 9.17) is 4.74 Å². The van der Waals surface area contributed by atoms with Crippen molar-refractivity contribution in [2.75, 3.05) is 11.9 Å². The first kappa shape index (κ1) is 17.1. The minimum Gasteiger partial charge on any atom is -0.472 e. The lowest BCUT2D eigenvalue weighted by molar-refractivity contribution is -0.385. The number of aryl methyl sites for hydroxylation is 1. The van der Waals surface area contributed by atoms with Crippen LogP contribution in [0.15, 0.2) is 0 Å². The molecule has 1 N–H and O–H groups in total. The molecule has 0 radical (unpaired) electrons. The van der Waals surface area contributed by atoms with Gasteiger partial charge in [0.15, 0.2) is 0 Å². The van der Waals surface area contributed by atoms with Crippen molar-refractivity contribution in [3.05, 3.63) is 15.9 Å². The molecule has 0 amide bonds. The Labute approximate surface area is 125 Å². The molecule has 0 aliphatic carbocycles. The third kappa shape index (κ3) is 5.17. The van der Waals surface area contributed by atoms with Gasteiger partial charge in [-0.05, 0) is 26.7 Å². The van der Waals surface area contributed by atoms with Crippen molar-refractivity contribution in [3.8, 4) is 5.88 Å². The van der Waals surface area contributed by atoms with Gasteiger partial charge >= 0.3 is 5.69 Å². The second-order valence-corrected chi connectivity index (χ2v) is 6.33. The van der Waals surface area contributed by atoms with Crippen LogP contribution in [-0.2, 0) is 6.42 Å². The maximum atomic E-state index is 11.4. The normalized spacial score (nSPS) is 11.6. The lowest BCUT2D eigenvalue weighted by atomic mass is 10.1. The summed E-state index contributed by atoms with van der Waals surface area (Å²) in [4.78, 5) is 19.3. The third-order valence-electron chi connectivity index (χ3n) is 2.44. The molecule has 0 aliphatic heterocycles. The van der Waals surface area contributed by atoms with E-state index >= 15 is 0 Å². The molecule has 0 aromatic carbocycles. The molecule has 1 aromatic heterocycles. The molecule has 1 rings (SSSR count). The molecule has 0 spiro atoms. The zero-order valence-corrected chi connectivity index (χ0v) is 13.6. The number of hydrogen-bond acceptors (Lipinski definition) is 6. The van der Waals surface area contributed by atoms with E-state index in [1.54, 1.807) is 0 Å². The molecule has 7 heteroatoms. The Hall–Kier alpha value is -1.92. The van der Waals surface area contributed by atoms with E-state index in [1.807, 2.05) is 41.5 Å². The lowest BCUT2D eigenvalue weighted by Crippen LogP contribution is -2.28. The van der Waals surface area contributed by atoms with Crippen LogP contribution in [0.4, 0.5) is 11.5 Å². The van der Waals surface area contributed by atoms with Gasteiger partial charge < -0.3 is 10.1 Å². The number of nitro groups is 1. The Morgan fingerprint density at radius 1 is 1.33 bits per heavy atom. The predicted octanol–water partition coefficient (Wildman–Crippen LogP) is 3.19. The minimum atomic E-state index is -0.497. The fourth-order valence-corrected chi connectivity index (χ4v) is 1.59. The number of hydrogen-bond donors (Lipinski definition) is 1. The van der Waals surface area contributed by atoms with Gasteiger partial charge in [0.1, 0.15) is 5.82 Å². The quantitative estimate of drug-likeness (QED) is 0.640. The first-order valence-electron chi connectivity index (χ1n) is 7.10. The van der Waals surface area contributed by atoms with Gasteiger partial charge in [0, 0.05) is 12.0 Å². The monoisotopic (exact) mass is 296 g/mol. The van der Waals surface area contributed by atoms with Gasteiger partial charge in [-0.3, -0.25) is 10.1 Å². The van der Waals surface area contributed by atoms with Crippen LogP contribution in [0.2, 0.25) is 0 Å². The van der Waals surface area contributed by atoms with E-state index in [0.717, 1.165) is 0 Å². The average molecular weight is 296 g/mol. The van der Waals surface area contributed by atoms with Gasteiger partial charge in [-0.15, -0.1) is 0 Å². The molecule has 0 saturated carbocycles. The maximum absolute atomic E-state index is 11.4. The van der Waals surface area contributed by atoms with Crippen LogP contribution in [0.3, 0.4) is 0 Å². The van der Waals surface area contributed by atoms with E-state index in [1.165, 1.54) is 0 Å². The summed E-state index contributed by atoms with van der Waals surface area (Å²) in [5, 5.41) is 14.4. The minimum absolute atomic E-state index is 0.0345. The first-order valence-corrected chi connectivity index (χ1v) is 7.10. The van der Waals surface area contributed by atoms with Crippen LogP contribution < -0.4 is 10.1 Å². The lowest BCUT2D eigenvalue weighted by Gasteiger charge is -2.22. The number of nitrogens with zero attached hydrogens (tertiary/aromatic N) is 3. The molecule has 0 aliphatic rings. The van der Waals surface area contributed by atoms with Crippen molar-refractivity contribution in [1.82, 2.24) is 9.97 Å². The summed E-state index contributed by atoms with van der Waals surface area (Å²) in [5.74, 6) is 1.01. The summed E-state index contributed by atoms with van der Waals surface area (Å²) in [6, 6.07) is 0. The van der Waals surface area contributed by atoms with Gasteiger partial charge in [-0.1, -0.05) is 20.8 Å². The Morgan fingerprint density at radius 2 is 1.95 bits per heavy atom. The summed E-state index contributed by atoms with van der Waals surface area (Å²) in [5.41, 5.74) is -0.554. The molecule has 0 bridgehead atoms. The van der Waals surface area contributed by atoms with Crippen molar-refractivity contribution in [3.63, 3.8) is 0 Å². The number of ether oxygens (including phenoxy) is 1. The summed E-state index contributed by atoms with van der Waals surface area (Å²) < 4.78 is 5.52. The van der Waals surface area contributed by atoms with E-state index in [-0.39, 0.29) is 28.8 Å². The predicted molar refractivity (Wildman–Crippen MR) is 81.8 cm³/mol. The second kappa shape index (κ2) is 6.69. The van der Waals surface area contributed by atoms with Crippen LogP contribution in [0.25, 0.3) is 0 Å². The molecule has 0 unspecified atom stereocenters. The van der Waals surface area contributed by atoms with Crippen LogP contribution in [0, 0.1) is 16.0 Å². The fraction of sp³-hybridized carbons (Fsp3) is 0.714. The molecular weight excluding hydrogens is 272 g/mol.